The standard InChI is InChI=1S/C14H13Br2ClN2O/c1-14(2,3)13-18-11(16)7-12(19-13)20-10-6-8(15)4-5-9(10)17/h4-7H,1-3H3. The minimum absolute atomic E-state index is 0.164. The lowest BCUT2D eigenvalue weighted by molar-refractivity contribution is 0.444. The van der Waals surface area contributed by atoms with Crippen LogP contribution in [0.25, 0.3) is 0 Å². The third kappa shape index (κ3) is 3.93. The van der Waals surface area contributed by atoms with Gasteiger partial charge in [-0.05, 0) is 34.1 Å². The van der Waals surface area contributed by atoms with Crippen molar-refractivity contribution in [3.63, 3.8) is 0 Å². The molecule has 1 aromatic heterocycles. The fourth-order valence-corrected chi connectivity index (χ4v) is 2.31. The smallest absolute Gasteiger partial charge is 0.223 e. The van der Waals surface area contributed by atoms with Gasteiger partial charge >= 0.3 is 0 Å². The molecule has 0 saturated heterocycles. The fraction of sp³-hybridized carbons (Fsp3) is 0.286. The van der Waals surface area contributed by atoms with Crippen LogP contribution in [0, 0.1) is 0 Å². The Morgan fingerprint density at radius 1 is 1.10 bits per heavy atom. The number of hydrogen-bond acceptors (Lipinski definition) is 3. The Bertz CT molecular complexity index is 642. The second-order valence-electron chi connectivity index (χ2n) is 5.28. The average molecular weight is 421 g/mol. The Balaban J connectivity index is 2.39. The summed E-state index contributed by atoms with van der Waals surface area (Å²) in [6.07, 6.45) is 0. The molecule has 0 fully saturated rings. The maximum atomic E-state index is 6.11. The number of ether oxygens (including phenoxy) is 1. The number of halogens is 3. The lowest BCUT2D eigenvalue weighted by atomic mass is 9.96. The maximum Gasteiger partial charge on any atom is 0.223 e. The molecule has 1 aromatic carbocycles. The molecule has 0 aliphatic carbocycles. The Hall–Kier alpha value is -0.650. The summed E-state index contributed by atoms with van der Waals surface area (Å²) in [5.74, 6) is 1.70. The predicted molar refractivity (Wildman–Crippen MR) is 87.7 cm³/mol. The van der Waals surface area contributed by atoms with E-state index in [1.54, 1.807) is 18.2 Å². The first kappa shape index (κ1) is 15.7. The van der Waals surface area contributed by atoms with Gasteiger partial charge in [-0.3, -0.25) is 0 Å². The van der Waals surface area contributed by atoms with E-state index in [9.17, 15) is 0 Å². The summed E-state index contributed by atoms with van der Waals surface area (Å²) in [6, 6.07) is 7.13. The summed E-state index contributed by atoms with van der Waals surface area (Å²) in [6.45, 7) is 6.14. The largest absolute Gasteiger partial charge is 0.437 e. The lowest BCUT2D eigenvalue weighted by Crippen LogP contribution is -2.16. The van der Waals surface area contributed by atoms with Crippen LogP contribution < -0.4 is 4.74 Å². The van der Waals surface area contributed by atoms with Crippen LogP contribution in [0.5, 0.6) is 11.6 Å². The summed E-state index contributed by atoms with van der Waals surface area (Å²) in [5.41, 5.74) is -0.164. The molecule has 0 spiro atoms. The number of nitrogens with zero attached hydrogens (tertiary/aromatic N) is 2. The van der Waals surface area contributed by atoms with Crippen molar-refractivity contribution in [2.45, 2.75) is 26.2 Å². The van der Waals surface area contributed by atoms with Crippen molar-refractivity contribution < 1.29 is 4.74 Å². The van der Waals surface area contributed by atoms with Gasteiger partial charge in [-0.15, -0.1) is 0 Å². The first-order chi connectivity index (χ1) is 9.25. The molecule has 0 bridgehead atoms. The average Bonchev–Trinajstić information content (AvgIpc) is 2.32. The molecule has 2 rings (SSSR count). The molecule has 6 heteroatoms. The van der Waals surface area contributed by atoms with Crippen LogP contribution in [0.4, 0.5) is 0 Å². The van der Waals surface area contributed by atoms with Crippen molar-refractivity contribution in [1.29, 1.82) is 0 Å². The zero-order valence-electron chi connectivity index (χ0n) is 11.2. The van der Waals surface area contributed by atoms with E-state index in [2.05, 4.69) is 41.8 Å². The van der Waals surface area contributed by atoms with E-state index < -0.39 is 0 Å². The zero-order valence-corrected chi connectivity index (χ0v) is 15.2. The van der Waals surface area contributed by atoms with Crippen molar-refractivity contribution in [3.05, 3.63) is 44.2 Å². The molecule has 2 aromatic rings. The van der Waals surface area contributed by atoms with Crippen LogP contribution in [0.2, 0.25) is 5.02 Å². The van der Waals surface area contributed by atoms with Gasteiger partial charge in [0, 0.05) is 16.0 Å². The van der Waals surface area contributed by atoms with Crippen molar-refractivity contribution >= 4 is 43.5 Å². The normalized spacial score (nSPS) is 11.5. The number of hydrogen-bond donors (Lipinski definition) is 0. The molecular formula is C14H13Br2ClN2O. The Kier molecular flexibility index (Phi) is 4.72. The lowest BCUT2D eigenvalue weighted by Gasteiger charge is -2.17. The first-order valence-corrected chi connectivity index (χ1v) is 7.90. The van der Waals surface area contributed by atoms with Crippen molar-refractivity contribution in [2.75, 3.05) is 0 Å². The molecular weight excluding hydrogens is 407 g/mol. The SMILES string of the molecule is CC(C)(C)c1nc(Br)cc(Oc2cc(Br)ccc2Cl)n1. The van der Waals surface area contributed by atoms with Gasteiger partial charge in [-0.1, -0.05) is 48.3 Å². The molecule has 0 saturated carbocycles. The third-order valence-corrected chi connectivity index (χ3v) is 3.66. The highest BCUT2D eigenvalue weighted by molar-refractivity contribution is 9.10. The van der Waals surface area contributed by atoms with E-state index >= 15 is 0 Å². The monoisotopic (exact) mass is 418 g/mol. The summed E-state index contributed by atoms with van der Waals surface area (Å²) in [4.78, 5) is 8.80. The fourth-order valence-electron chi connectivity index (χ4n) is 1.45. The highest BCUT2D eigenvalue weighted by Crippen LogP contribution is 2.32. The number of benzene rings is 1. The van der Waals surface area contributed by atoms with Crippen molar-refractivity contribution in [3.8, 4) is 11.6 Å². The van der Waals surface area contributed by atoms with Gasteiger partial charge in [0.25, 0.3) is 0 Å². The molecule has 0 N–H and O–H groups in total. The second kappa shape index (κ2) is 6.00. The number of rotatable bonds is 2. The summed E-state index contributed by atoms with van der Waals surface area (Å²) in [7, 11) is 0. The van der Waals surface area contributed by atoms with E-state index in [-0.39, 0.29) is 5.41 Å². The summed E-state index contributed by atoms with van der Waals surface area (Å²) < 4.78 is 7.33. The zero-order chi connectivity index (χ0) is 14.9. The van der Waals surface area contributed by atoms with Gasteiger partial charge in [0.05, 0.1) is 5.02 Å². The molecule has 0 unspecified atom stereocenters. The predicted octanol–water partition coefficient (Wildman–Crippen LogP) is 5.74. The number of aromatic nitrogens is 2. The van der Waals surface area contributed by atoms with Crippen LogP contribution >= 0.6 is 43.5 Å². The van der Waals surface area contributed by atoms with Crippen LogP contribution in [0.15, 0.2) is 33.3 Å². The van der Waals surface area contributed by atoms with Gasteiger partial charge in [-0.2, -0.15) is 4.98 Å². The molecule has 0 amide bonds. The minimum atomic E-state index is -0.164. The molecule has 3 nitrogen and oxygen atoms in total. The summed E-state index contributed by atoms with van der Waals surface area (Å²) >= 11 is 12.9. The molecule has 0 radical (unpaired) electrons. The molecule has 20 heavy (non-hydrogen) atoms. The van der Waals surface area contributed by atoms with Crippen LogP contribution in [0.3, 0.4) is 0 Å². The third-order valence-electron chi connectivity index (χ3n) is 2.45. The molecule has 1 heterocycles. The molecule has 106 valence electrons. The van der Waals surface area contributed by atoms with E-state index in [1.165, 1.54) is 0 Å². The minimum Gasteiger partial charge on any atom is -0.437 e. The van der Waals surface area contributed by atoms with Crippen LogP contribution in [0.1, 0.15) is 26.6 Å². The molecule has 0 atom stereocenters. The van der Waals surface area contributed by atoms with Gasteiger partial charge < -0.3 is 4.74 Å². The quantitative estimate of drug-likeness (QED) is 0.581. The van der Waals surface area contributed by atoms with E-state index in [0.29, 0.717) is 27.1 Å². The van der Waals surface area contributed by atoms with Crippen LogP contribution in [-0.4, -0.2) is 9.97 Å². The highest BCUT2D eigenvalue weighted by atomic mass is 79.9. The van der Waals surface area contributed by atoms with Gasteiger partial charge in [0.1, 0.15) is 16.2 Å². The first-order valence-electron chi connectivity index (χ1n) is 5.94. The van der Waals surface area contributed by atoms with Crippen molar-refractivity contribution in [2.24, 2.45) is 0 Å². The van der Waals surface area contributed by atoms with Gasteiger partial charge in [0.15, 0.2) is 0 Å². The van der Waals surface area contributed by atoms with Gasteiger partial charge in [-0.25, -0.2) is 4.98 Å². The second-order valence-corrected chi connectivity index (χ2v) is 7.41. The van der Waals surface area contributed by atoms with E-state index in [0.717, 1.165) is 4.47 Å². The Labute approximate surface area is 140 Å². The maximum absolute atomic E-state index is 6.11. The summed E-state index contributed by atoms with van der Waals surface area (Å²) in [5, 5.41) is 0.528. The van der Waals surface area contributed by atoms with E-state index in [1.807, 2.05) is 26.8 Å². The van der Waals surface area contributed by atoms with Crippen molar-refractivity contribution in [1.82, 2.24) is 9.97 Å². The Morgan fingerprint density at radius 2 is 1.80 bits per heavy atom. The molecule has 0 aliphatic rings. The van der Waals surface area contributed by atoms with Crippen LogP contribution in [-0.2, 0) is 5.41 Å². The Morgan fingerprint density at radius 3 is 2.45 bits per heavy atom. The topological polar surface area (TPSA) is 35.0 Å². The van der Waals surface area contributed by atoms with Gasteiger partial charge in [0.2, 0.25) is 5.88 Å². The molecule has 0 aliphatic heterocycles. The van der Waals surface area contributed by atoms with E-state index in [4.69, 9.17) is 16.3 Å². The highest BCUT2D eigenvalue weighted by Gasteiger charge is 2.19.